The van der Waals surface area contributed by atoms with Crippen molar-refractivity contribution >= 4 is 21.9 Å². The van der Waals surface area contributed by atoms with Crippen LogP contribution in [0.25, 0.3) is 0 Å². The van der Waals surface area contributed by atoms with Crippen molar-refractivity contribution in [1.82, 2.24) is 0 Å². The van der Waals surface area contributed by atoms with Crippen molar-refractivity contribution in [2.45, 2.75) is 19.4 Å². The average molecular weight is 299 g/mol. The number of methoxy groups -OCH3 is 1. The monoisotopic (exact) mass is 298 g/mol. The summed E-state index contributed by atoms with van der Waals surface area (Å²) >= 11 is 3.06. The first-order valence-corrected chi connectivity index (χ1v) is 6.21. The number of carbonyl (C=O) groups excluding carboxylic acids is 1. The third-order valence-corrected chi connectivity index (χ3v) is 3.03. The van der Waals surface area contributed by atoms with E-state index in [9.17, 15) is 9.90 Å². The second kappa shape index (κ2) is 6.57. The Bertz CT molecular complexity index is 409. The molecule has 0 bridgehead atoms. The number of rotatable bonds is 4. The Labute approximate surface area is 109 Å². The molecule has 3 nitrogen and oxygen atoms in total. The number of hydrogen-bond donors (Lipinski definition) is 1. The number of aliphatic hydroxyl groups is 1. The zero-order valence-electron chi connectivity index (χ0n) is 9.81. The van der Waals surface area contributed by atoms with E-state index in [2.05, 4.69) is 27.6 Å². The summed E-state index contributed by atoms with van der Waals surface area (Å²) in [6.45, 7) is 2.06. The quantitative estimate of drug-likeness (QED) is 0.687. The van der Waals surface area contributed by atoms with Crippen LogP contribution in [-0.2, 0) is 16.0 Å². The van der Waals surface area contributed by atoms with Gasteiger partial charge in [-0.15, -0.1) is 0 Å². The topological polar surface area (TPSA) is 46.5 Å². The van der Waals surface area contributed by atoms with Crippen LogP contribution in [-0.4, -0.2) is 18.2 Å². The van der Waals surface area contributed by atoms with Crippen molar-refractivity contribution in [1.29, 1.82) is 0 Å². The molecule has 0 aliphatic rings. The predicted octanol–water partition coefficient (Wildman–Crippen LogP) is 2.73. The SMILES string of the molecule is CCc1ccc(C(O)/C(=C/Br)C(=O)OC)cc1. The van der Waals surface area contributed by atoms with E-state index in [-0.39, 0.29) is 5.57 Å². The third-order valence-electron chi connectivity index (χ3n) is 2.54. The largest absolute Gasteiger partial charge is 0.466 e. The van der Waals surface area contributed by atoms with Crippen LogP contribution in [0.5, 0.6) is 0 Å². The maximum absolute atomic E-state index is 11.4. The molecule has 0 saturated heterocycles. The summed E-state index contributed by atoms with van der Waals surface area (Å²) in [6, 6.07) is 7.48. The summed E-state index contributed by atoms with van der Waals surface area (Å²) in [7, 11) is 1.28. The van der Waals surface area contributed by atoms with Gasteiger partial charge in [-0.05, 0) is 22.5 Å². The van der Waals surface area contributed by atoms with E-state index in [4.69, 9.17) is 0 Å². The number of aryl methyl sites for hydroxylation is 1. The molecule has 1 atom stereocenters. The van der Waals surface area contributed by atoms with Crippen LogP contribution < -0.4 is 0 Å². The maximum atomic E-state index is 11.4. The van der Waals surface area contributed by atoms with Gasteiger partial charge in [0.15, 0.2) is 0 Å². The molecule has 92 valence electrons. The molecule has 0 radical (unpaired) electrons. The van der Waals surface area contributed by atoms with Gasteiger partial charge < -0.3 is 9.84 Å². The standard InChI is InChI=1S/C13H15BrO3/c1-3-9-4-6-10(7-5-9)12(15)11(8-14)13(16)17-2/h4-8,12,15H,3H2,1-2H3/b11-8-. The van der Waals surface area contributed by atoms with Gasteiger partial charge in [0.25, 0.3) is 0 Å². The molecule has 1 aromatic rings. The summed E-state index contributed by atoms with van der Waals surface area (Å²) in [4.78, 5) is 12.8. The number of ether oxygens (including phenoxy) is 1. The zero-order valence-corrected chi connectivity index (χ0v) is 11.4. The van der Waals surface area contributed by atoms with Crippen LogP contribution in [0.3, 0.4) is 0 Å². The number of carbonyl (C=O) groups is 1. The lowest BCUT2D eigenvalue weighted by molar-refractivity contribution is -0.137. The van der Waals surface area contributed by atoms with Gasteiger partial charge in [-0.2, -0.15) is 0 Å². The molecule has 0 fully saturated rings. The first-order chi connectivity index (χ1) is 8.13. The fraction of sp³-hybridized carbons (Fsp3) is 0.308. The van der Waals surface area contributed by atoms with Crippen LogP contribution >= 0.6 is 15.9 Å². The van der Waals surface area contributed by atoms with Crippen LogP contribution in [0.1, 0.15) is 24.2 Å². The van der Waals surface area contributed by atoms with Crippen molar-refractivity contribution in [3.8, 4) is 0 Å². The Balaban J connectivity index is 2.94. The van der Waals surface area contributed by atoms with E-state index in [1.54, 1.807) is 0 Å². The Morgan fingerprint density at radius 2 is 2.06 bits per heavy atom. The second-order valence-corrected chi connectivity index (χ2v) is 4.01. The highest BCUT2D eigenvalue weighted by molar-refractivity contribution is 9.11. The lowest BCUT2D eigenvalue weighted by atomic mass is 10.0. The first-order valence-electron chi connectivity index (χ1n) is 5.29. The van der Waals surface area contributed by atoms with Gasteiger partial charge in [0.1, 0.15) is 6.10 Å². The fourth-order valence-corrected chi connectivity index (χ4v) is 1.89. The summed E-state index contributed by atoms with van der Waals surface area (Å²) in [5.74, 6) is -0.547. The van der Waals surface area contributed by atoms with Crippen LogP contribution in [0.2, 0.25) is 0 Å². The summed E-state index contributed by atoms with van der Waals surface area (Å²) < 4.78 is 4.59. The van der Waals surface area contributed by atoms with Crippen LogP contribution in [0.4, 0.5) is 0 Å². The molecule has 0 aliphatic heterocycles. The maximum Gasteiger partial charge on any atom is 0.337 e. The van der Waals surface area contributed by atoms with E-state index in [0.717, 1.165) is 6.42 Å². The number of halogens is 1. The van der Waals surface area contributed by atoms with Gasteiger partial charge in [0.05, 0.1) is 12.7 Å². The normalized spacial score (nSPS) is 13.3. The fourth-order valence-electron chi connectivity index (χ4n) is 1.45. The highest BCUT2D eigenvalue weighted by Gasteiger charge is 2.20. The molecule has 1 aromatic carbocycles. The number of hydrogen-bond acceptors (Lipinski definition) is 3. The molecular formula is C13H15BrO3. The minimum Gasteiger partial charge on any atom is -0.466 e. The van der Waals surface area contributed by atoms with E-state index in [0.29, 0.717) is 5.56 Å². The smallest absolute Gasteiger partial charge is 0.337 e. The molecule has 0 spiro atoms. The molecule has 1 unspecified atom stereocenters. The van der Waals surface area contributed by atoms with Crippen LogP contribution in [0.15, 0.2) is 34.8 Å². The predicted molar refractivity (Wildman–Crippen MR) is 69.8 cm³/mol. The van der Waals surface area contributed by atoms with Gasteiger partial charge in [-0.25, -0.2) is 4.79 Å². The molecule has 4 heteroatoms. The van der Waals surface area contributed by atoms with Gasteiger partial charge in [-0.3, -0.25) is 0 Å². The Morgan fingerprint density at radius 3 is 2.47 bits per heavy atom. The number of benzene rings is 1. The van der Waals surface area contributed by atoms with Crippen molar-refractivity contribution in [2.75, 3.05) is 7.11 Å². The minimum atomic E-state index is -0.979. The van der Waals surface area contributed by atoms with E-state index in [1.165, 1.54) is 17.7 Å². The third kappa shape index (κ3) is 3.41. The van der Waals surface area contributed by atoms with Crippen LogP contribution in [0, 0.1) is 0 Å². The molecular weight excluding hydrogens is 284 g/mol. The average Bonchev–Trinajstić information content (AvgIpc) is 2.39. The van der Waals surface area contributed by atoms with Gasteiger partial charge >= 0.3 is 5.97 Å². The van der Waals surface area contributed by atoms with E-state index in [1.807, 2.05) is 24.3 Å². The Morgan fingerprint density at radius 1 is 1.47 bits per heavy atom. The molecule has 1 rings (SSSR count). The molecule has 1 N–H and O–H groups in total. The first kappa shape index (κ1) is 13.9. The summed E-state index contributed by atoms with van der Waals surface area (Å²) in [5, 5.41) is 10.0. The lowest BCUT2D eigenvalue weighted by Crippen LogP contribution is -2.12. The summed E-state index contributed by atoms with van der Waals surface area (Å²) in [6.07, 6.45) is -0.0399. The lowest BCUT2D eigenvalue weighted by Gasteiger charge is -2.13. The molecule has 0 amide bonds. The molecule has 0 aliphatic carbocycles. The molecule has 0 saturated carbocycles. The number of aliphatic hydroxyl groups excluding tert-OH is 1. The van der Waals surface area contributed by atoms with Gasteiger partial charge in [0, 0.05) is 0 Å². The van der Waals surface area contributed by atoms with Gasteiger partial charge in [-0.1, -0.05) is 47.1 Å². The highest BCUT2D eigenvalue weighted by atomic mass is 79.9. The second-order valence-electron chi connectivity index (χ2n) is 3.55. The van der Waals surface area contributed by atoms with Crippen molar-refractivity contribution in [3.05, 3.63) is 46.0 Å². The Hall–Kier alpha value is -1.13. The molecule has 0 aromatic heterocycles. The van der Waals surface area contributed by atoms with Crippen molar-refractivity contribution < 1.29 is 14.6 Å². The molecule has 0 heterocycles. The molecule has 17 heavy (non-hydrogen) atoms. The van der Waals surface area contributed by atoms with E-state index < -0.39 is 12.1 Å². The highest BCUT2D eigenvalue weighted by Crippen LogP contribution is 2.24. The Kier molecular flexibility index (Phi) is 5.38. The minimum absolute atomic E-state index is 0.178. The van der Waals surface area contributed by atoms with E-state index >= 15 is 0 Å². The summed E-state index contributed by atoms with van der Waals surface area (Å²) in [5.41, 5.74) is 2.03. The zero-order chi connectivity index (χ0) is 12.8. The van der Waals surface area contributed by atoms with Crippen molar-refractivity contribution in [3.63, 3.8) is 0 Å². The van der Waals surface area contributed by atoms with Crippen molar-refractivity contribution in [2.24, 2.45) is 0 Å². The number of esters is 1. The van der Waals surface area contributed by atoms with Gasteiger partial charge in [0.2, 0.25) is 0 Å².